The molecule has 0 aromatic carbocycles. The number of likely N-dealkylation sites (tertiary alicyclic amines) is 1. The van der Waals surface area contributed by atoms with E-state index in [0.717, 1.165) is 18.0 Å². The second-order valence-corrected chi connectivity index (χ2v) is 7.43. The monoisotopic (exact) mass is 384 g/mol. The number of H-pyrrole nitrogens is 1. The van der Waals surface area contributed by atoms with E-state index in [0.29, 0.717) is 31.2 Å². The second-order valence-electron chi connectivity index (χ2n) is 6.34. The number of hydrogen-bond acceptors (Lipinski definition) is 5. The van der Waals surface area contributed by atoms with Crippen molar-refractivity contribution in [2.24, 2.45) is 5.92 Å². The average Bonchev–Trinajstić information content (AvgIpc) is 3.10. The number of aromatic amines is 1. The molecule has 1 saturated heterocycles. The van der Waals surface area contributed by atoms with E-state index in [4.69, 9.17) is 0 Å². The Morgan fingerprint density at radius 2 is 2.00 bits per heavy atom. The molecule has 3 N–H and O–H groups in total. The highest BCUT2D eigenvalue weighted by Gasteiger charge is 2.37. The van der Waals surface area contributed by atoms with E-state index in [-0.39, 0.29) is 11.3 Å². The summed E-state index contributed by atoms with van der Waals surface area (Å²) in [6.45, 7) is 3.17. The summed E-state index contributed by atoms with van der Waals surface area (Å²) < 4.78 is 0. The fraction of sp³-hybridized carbons (Fsp3) is 0.625. The molecular formula is C16H24N4O5S. The largest absolute Gasteiger partial charge is 0.464 e. The molecule has 9 nitrogen and oxygen atoms in total. The van der Waals surface area contributed by atoms with Crippen molar-refractivity contribution in [3.63, 3.8) is 0 Å². The van der Waals surface area contributed by atoms with Crippen LogP contribution < -0.4 is 0 Å². The fourth-order valence-corrected chi connectivity index (χ4v) is 3.72. The lowest BCUT2D eigenvalue weighted by Crippen LogP contribution is -2.54. The van der Waals surface area contributed by atoms with Crippen LogP contribution in [0.5, 0.6) is 0 Å². The third kappa shape index (κ3) is 5.38. The third-order valence-electron chi connectivity index (χ3n) is 4.44. The first-order valence-corrected chi connectivity index (χ1v) is 9.54. The second kappa shape index (κ2) is 9.46. The van der Waals surface area contributed by atoms with Crippen molar-refractivity contribution in [3.05, 3.63) is 12.4 Å². The van der Waals surface area contributed by atoms with Crippen LogP contribution in [-0.2, 0) is 4.79 Å². The van der Waals surface area contributed by atoms with Gasteiger partial charge in [-0.15, -0.1) is 0 Å². The number of thioether (sulfide) groups is 1. The molecule has 1 atom stereocenters. The summed E-state index contributed by atoms with van der Waals surface area (Å²) in [6.07, 6.45) is 2.39. The zero-order valence-corrected chi connectivity index (χ0v) is 15.4. The van der Waals surface area contributed by atoms with E-state index in [1.54, 1.807) is 17.3 Å². The van der Waals surface area contributed by atoms with Gasteiger partial charge in [-0.3, -0.25) is 4.79 Å². The molecule has 1 aliphatic rings. The zero-order valence-electron chi connectivity index (χ0n) is 14.6. The van der Waals surface area contributed by atoms with Crippen LogP contribution in [0.15, 0.2) is 17.6 Å². The van der Waals surface area contributed by atoms with Crippen LogP contribution in [0.25, 0.3) is 0 Å². The number of rotatable bonds is 7. The Kier molecular flexibility index (Phi) is 7.31. The number of imidazole rings is 1. The zero-order chi connectivity index (χ0) is 19.1. The Balaban J connectivity index is 2.01. The Hall–Kier alpha value is -2.23. The Bertz CT molecular complexity index is 602. The van der Waals surface area contributed by atoms with Gasteiger partial charge in [0.2, 0.25) is 5.91 Å². The molecular weight excluding hydrogens is 360 g/mol. The van der Waals surface area contributed by atoms with Gasteiger partial charge in [-0.25, -0.2) is 14.6 Å². The molecule has 2 rings (SSSR count). The number of piperidine rings is 1. The molecule has 0 aliphatic carbocycles. The number of carbonyl (C=O) groups is 3. The van der Waals surface area contributed by atoms with Crippen molar-refractivity contribution < 1.29 is 24.6 Å². The third-order valence-corrected chi connectivity index (χ3v) is 5.43. The first-order valence-electron chi connectivity index (χ1n) is 8.56. The smallest absolute Gasteiger partial charge is 0.417 e. The van der Waals surface area contributed by atoms with Crippen molar-refractivity contribution in [3.8, 4) is 0 Å². The molecule has 10 heteroatoms. The standard InChI is InChI=1S/C16H24N4O5S/c1-11-4-8-19(9-5-11)13(21)12(20(15(22)23)16(24)25)3-2-10-26-14-17-6-7-18-14/h6-7,11-12H,2-5,8-10H2,1H3,(H,17,18)(H,22,23)(H,24,25)/t12-/m0/s1. The number of nitrogens with one attached hydrogen (secondary N) is 1. The molecule has 3 amide bonds. The molecule has 0 spiro atoms. The molecule has 1 aromatic rings. The quantitative estimate of drug-likeness (QED) is 0.487. The Morgan fingerprint density at radius 1 is 1.35 bits per heavy atom. The van der Waals surface area contributed by atoms with Crippen LogP contribution in [0.4, 0.5) is 9.59 Å². The summed E-state index contributed by atoms with van der Waals surface area (Å²) in [7, 11) is 0. The van der Waals surface area contributed by atoms with Crippen LogP contribution in [0.2, 0.25) is 0 Å². The van der Waals surface area contributed by atoms with E-state index >= 15 is 0 Å². The van der Waals surface area contributed by atoms with Crippen LogP contribution in [0.3, 0.4) is 0 Å². The number of imide groups is 1. The number of amides is 3. The van der Waals surface area contributed by atoms with E-state index in [1.165, 1.54) is 11.8 Å². The average molecular weight is 384 g/mol. The SMILES string of the molecule is CC1CCN(C(=O)[C@H](CCCSc2ncc[nH]2)N(C(=O)O)C(=O)O)CC1. The highest BCUT2D eigenvalue weighted by atomic mass is 32.2. The van der Waals surface area contributed by atoms with Gasteiger partial charge in [0, 0.05) is 31.2 Å². The maximum Gasteiger partial charge on any atom is 0.417 e. The van der Waals surface area contributed by atoms with Crippen molar-refractivity contribution >= 4 is 29.9 Å². The highest BCUT2D eigenvalue weighted by Crippen LogP contribution is 2.21. The van der Waals surface area contributed by atoms with Gasteiger partial charge in [0.15, 0.2) is 5.16 Å². The van der Waals surface area contributed by atoms with Gasteiger partial charge in [0.1, 0.15) is 6.04 Å². The molecule has 1 fully saturated rings. The maximum atomic E-state index is 12.8. The van der Waals surface area contributed by atoms with Gasteiger partial charge in [-0.2, -0.15) is 4.90 Å². The first-order chi connectivity index (χ1) is 12.4. The van der Waals surface area contributed by atoms with Crippen LogP contribution in [0, 0.1) is 5.92 Å². The molecule has 1 aromatic heterocycles. The van der Waals surface area contributed by atoms with E-state index in [1.807, 2.05) is 0 Å². The predicted molar refractivity (Wildman–Crippen MR) is 95.2 cm³/mol. The lowest BCUT2D eigenvalue weighted by Gasteiger charge is -2.35. The summed E-state index contributed by atoms with van der Waals surface area (Å²) >= 11 is 1.44. The highest BCUT2D eigenvalue weighted by molar-refractivity contribution is 7.99. The van der Waals surface area contributed by atoms with Crippen LogP contribution in [0.1, 0.15) is 32.6 Å². The molecule has 0 bridgehead atoms. The van der Waals surface area contributed by atoms with Gasteiger partial charge in [0.05, 0.1) is 0 Å². The van der Waals surface area contributed by atoms with Gasteiger partial charge < -0.3 is 20.1 Å². The molecule has 0 saturated carbocycles. The number of aromatic nitrogens is 2. The van der Waals surface area contributed by atoms with Crippen molar-refractivity contribution in [1.29, 1.82) is 0 Å². The van der Waals surface area contributed by atoms with E-state index < -0.39 is 24.1 Å². The minimum absolute atomic E-state index is 0.150. The van der Waals surface area contributed by atoms with E-state index in [2.05, 4.69) is 16.9 Å². The minimum atomic E-state index is -1.63. The molecule has 144 valence electrons. The van der Waals surface area contributed by atoms with Crippen molar-refractivity contribution in [2.45, 2.75) is 43.8 Å². The summed E-state index contributed by atoms with van der Waals surface area (Å²) in [5.41, 5.74) is 0. The maximum absolute atomic E-state index is 12.8. The predicted octanol–water partition coefficient (Wildman–Crippen LogP) is 2.57. The van der Waals surface area contributed by atoms with Gasteiger partial charge in [-0.05, 0) is 31.6 Å². The summed E-state index contributed by atoms with van der Waals surface area (Å²) in [6, 6.07) is -1.21. The topological polar surface area (TPSA) is 127 Å². The summed E-state index contributed by atoms with van der Waals surface area (Å²) in [4.78, 5) is 44.4. The summed E-state index contributed by atoms with van der Waals surface area (Å²) in [5, 5.41) is 19.3. The van der Waals surface area contributed by atoms with Gasteiger partial charge >= 0.3 is 12.2 Å². The summed E-state index contributed by atoms with van der Waals surface area (Å²) in [5.74, 6) is 0.684. The molecule has 2 heterocycles. The molecule has 0 unspecified atom stereocenters. The fourth-order valence-electron chi connectivity index (χ4n) is 2.93. The lowest BCUT2D eigenvalue weighted by atomic mass is 9.98. The lowest BCUT2D eigenvalue weighted by molar-refractivity contribution is -0.137. The normalized spacial score (nSPS) is 16.3. The number of carbonyl (C=O) groups excluding carboxylic acids is 1. The van der Waals surface area contributed by atoms with E-state index in [9.17, 15) is 24.6 Å². The first kappa shape index (κ1) is 20.1. The Labute approximate surface area is 155 Å². The Morgan fingerprint density at radius 3 is 2.54 bits per heavy atom. The van der Waals surface area contributed by atoms with Crippen LogP contribution >= 0.6 is 11.8 Å². The van der Waals surface area contributed by atoms with Gasteiger partial charge in [0.25, 0.3) is 0 Å². The molecule has 1 aliphatic heterocycles. The number of carboxylic acid groups (broad SMARTS) is 2. The van der Waals surface area contributed by atoms with Crippen molar-refractivity contribution in [1.82, 2.24) is 19.8 Å². The van der Waals surface area contributed by atoms with Crippen molar-refractivity contribution in [2.75, 3.05) is 18.8 Å². The molecule has 0 radical (unpaired) electrons. The number of hydrogen-bond donors (Lipinski definition) is 3. The molecule has 26 heavy (non-hydrogen) atoms. The number of nitrogens with zero attached hydrogens (tertiary/aromatic N) is 3. The van der Waals surface area contributed by atoms with Gasteiger partial charge in [-0.1, -0.05) is 18.7 Å². The minimum Gasteiger partial charge on any atom is -0.464 e. The van der Waals surface area contributed by atoms with Crippen LogP contribution in [-0.4, -0.2) is 73.0 Å².